The number of imide groups is 1. The lowest BCUT2D eigenvalue weighted by Crippen LogP contribution is -2.47. The first-order chi connectivity index (χ1) is 20.5. The summed E-state index contributed by atoms with van der Waals surface area (Å²) in [5, 5.41) is 6.67. The Hall–Kier alpha value is -4.29. The second kappa shape index (κ2) is 13.8. The fourth-order valence-corrected chi connectivity index (χ4v) is 4.75. The third kappa shape index (κ3) is 7.96. The number of nitrogens with zero attached hydrogens (tertiary/aromatic N) is 3. The Labute approximate surface area is 259 Å². The molecule has 2 aromatic heterocycles. The number of carbonyl (C=O) groups is 2. The molecule has 0 radical (unpaired) electrons. The van der Waals surface area contributed by atoms with Gasteiger partial charge in [-0.15, -0.1) is 0 Å². The molecule has 0 unspecified atom stereocenters. The van der Waals surface area contributed by atoms with Gasteiger partial charge in [-0.1, -0.05) is 29.9 Å². The van der Waals surface area contributed by atoms with Gasteiger partial charge in [-0.25, -0.2) is 14.1 Å². The zero-order valence-electron chi connectivity index (χ0n) is 24.1. The van der Waals surface area contributed by atoms with Crippen LogP contribution in [0.4, 0.5) is 14.9 Å². The van der Waals surface area contributed by atoms with Crippen molar-refractivity contribution < 1.29 is 28.2 Å². The molecule has 13 heteroatoms. The summed E-state index contributed by atoms with van der Waals surface area (Å²) in [4.78, 5) is 35.9. The molecule has 0 aliphatic carbocycles. The Morgan fingerprint density at radius 2 is 1.98 bits per heavy atom. The van der Waals surface area contributed by atoms with Crippen LogP contribution in [0, 0.1) is 5.82 Å². The van der Waals surface area contributed by atoms with E-state index in [4.69, 9.17) is 38.0 Å². The number of nitrogens with one attached hydrogen (secondary N) is 2. The Bertz CT molecular complexity index is 1560. The topological polar surface area (TPSA) is 115 Å². The molecule has 0 fully saturated rings. The summed E-state index contributed by atoms with van der Waals surface area (Å²) in [5.74, 6) is -0.354. The SMILES string of the molecule is COc1c(Cl)cccc1NC(=S)C1=C(NCc2ccncc2OCc2ncccc2F)CCN(C(=O)OC(C)(C)C)C1=O. The number of para-hydroxylation sites is 1. The normalized spacial score (nSPS) is 13.4. The van der Waals surface area contributed by atoms with Gasteiger partial charge in [-0.3, -0.25) is 14.8 Å². The first kappa shape index (κ1) is 31.6. The van der Waals surface area contributed by atoms with Gasteiger partial charge >= 0.3 is 6.09 Å². The van der Waals surface area contributed by atoms with Crippen molar-refractivity contribution in [1.29, 1.82) is 0 Å². The third-order valence-corrected chi connectivity index (χ3v) is 6.77. The Morgan fingerprint density at radius 3 is 2.70 bits per heavy atom. The number of carbonyl (C=O) groups excluding carboxylic acids is 2. The highest BCUT2D eigenvalue weighted by molar-refractivity contribution is 7.81. The summed E-state index contributed by atoms with van der Waals surface area (Å²) < 4.78 is 30.8. The van der Waals surface area contributed by atoms with Crippen molar-refractivity contribution >= 4 is 46.5 Å². The molecular weight excluding hydrogens is 597 g/mol. The summed E-state index contributed by atoms with van der Waals surface area (Å²) in [7, 11) is 1.47. The molecular formula is C30H31ClFN5O5S. The fraction of sp³-hybridized carbons (Fsp3) is 0.300. The maximum absolute atomic E-state index is 14.1. The van der Waals surface area contributed by atoms with Crippen molar-refractivity contribution in [3.8, 4) is 11.5 Å². The number of hydrogen-bond acceptors (Lipinski definition) is 9. The van der Waals surface area contributed by atoms with E-state index >= 15 is 0 Å². The molecule has 0 atom stereocenters. The highest BCUT2D eigenvalue weighted by Gasteiger charge is 2.36. The van der Waals surface area contributed by atoms with Crippen LogP contribution >= 0.6 is 23.8 Å². The molecule has 0 saturated carbocycles. The molecule has 3 heterocycles. The minimum atomic E-state index is -0.803. The van der Waals surface area contributed by atoms with Gasteiger partial charge in [0.1, 0.15) is 34.5 Å². The molecule has 3 aromatic rings. The zero-order valence-corrected chi connectivity index (χ0v) is 25.6. The average Bonchev–Trinajstić information content (AvgIpc) is 2.95. The average molecular weight is 628 g/mol. The van der Waals surface area contributed by atoms with Gasteiger partial charge in [0.2, 0.25) is 0 Å². The van der Waals surface area contributed by atoms with Crippen molar-refractivity contribution in [3.63, 3.8) is 0 Å². The first-order valence-electron chi connectivity index (χ1n) is 13.3. The number of benzene rings is 1. The van der Waals surface area contributed by atoms with E-state index in [-0.39, 0.29) is 42.4 Å². The van der Waals surface area contributed by atoms with E-state index in [1.807, 2.05) is 0 Å². The number of thiocarbonyl (C=S) groups is 1. The number of aromatic nitrogens is 2. The molecule has 0 spiro atoms. The van der Waals surface area contributed by atoms with Gasteiger partial charge in [0.05, 0.1) is 29.6 Å². The Kier molecular flexibility index (Phi) is 10.1. The van der Waals surface area contributed by atoms with Crippen molar-refractivity contribution in [2.45, 2.75) is 45.9 Å². The van der Waals surface area contributed by atoms with Gasteiger partial charge in [-0.2, -0.15) is 0 Å². The van der Waals surface area contributed by atoms with Gasteiger partial charge < -0.3 is 24.8 Å². The predicted molar refractivity (Wildman–Crippen MR) is 163 cm³/mol. The van der Waals surface area contributed by atoms with Crippen LogP contribution in [0.3, 0.4) is 0 Å². The van der Waals surface area contributed by atoms with E-state index in [0.717, 1.165) is 4.90 Å². The minimum Gasteiger partial charge on any atom is -0.493 e. The van der Waals surface area contributed by atoms with Crippen LogP contribution in [0.15, 0.2) is 66.3 Å². The van der Waals surface area contributed by atoms with E-state index < -0.39 is 23.4 Å². The van der Waals surface area contributed by atoms with Gasteiger partial charge in [0, 0.05) is 43.2 Å². The number of hydrogen-bond donors (Lipinski definition) is 2. The minimum absolute atomic E-state index is 0.0538. The van der Waals surface area contributed by atoms with Crippen LogP contribution in [0.2, 0.25) is 5.02 Å². The Morgan fingerprint density at radius 1 is 1.19 bits per heavy atom. The molecule has 2 amide bonds. The molecule has 0 bridgehead atoms. The molecule has 2 N–H and O–H groups in total. The molecule has 1 aliphatic rings. The monoisotopic (exact) mass is 627 g/mol. The van der Waals surface area contributed by atoms with Crippen LogP contribution < -0.4 is 20.1 Å². The number of halogens is 2. The molecule has 43 heavy (non-hydrogen) atoms. The maximum atomic E-state index is 14.1. The van der Waals surface area contributed by atoms with Crippen molar-refractivity contribution in [1.82, 2.24) is 20.2 Å². The lowest BCUT2D eigenvalue weighted by atomic mass is 10.0. The lowest BCUT2D eigenvalue weighted by Gasteiger charge is -2.31. The fourth-order valence-electron chi connectivity index (χ4n) is 4.17. The number of anilines is 1. The number of amides is 2. The third-order valence-electron chi connectivity index (χ3n) is 6.17. The predicted octanol–water partition coefficient (Wildman–Crippen LogP) is 5.81. The van der Waals surface area contributed by atoms with Crippen molar-refractivity contribution in [2.24, 2.45) is 0 Å². The van der Waals surface area contributed by atoms with E-state index in [9.17, 15) is 14.0 Å². The molecule has 4 rings (SSSR count). The second-order valence-electron chi connectivity index (χ2n) is 10.4. The summed E-state index contributed by atoms with van der Waals surface area (Å²) in [6, 6.07) is 9.62. The van der Waals surface area contributed by atoms with Crippen LogP contribution in [0.5, 0.6) is 11.5 Å². The second-order valence-corrected chi connectivity index (χ2v) is 11.2. The van der Waals surface area contributed by atoms with E-state index in [2.05, 4.69) is 20.6 Å². The van der Waals surface area contributed by atoms with Crippen LogP contribution in [-0.2, 0) is 22.7 Å². The summed E-state index contributed by atoms with van der Waals surface area (Å²) in [5.41, 5.74) is 1.07. The van der Waals surface area contributed by atoms with Crippen LogP contribution in [0.25, 0.3) is 0 Å². The summed E-state index contributed by atoms with van der Waals surface area (Å²) >= 11 is 12.0. The number of pyridine rings is 2. The summed E-state index contributed by atoms with van der Waals surface area (Å²) in [6.07, 6.45) is 4.09. The largest absolute Gasteiger partial charge is 0.493 e. The Balaban J connectivity index is 1.61. The highest BCUT2D eigenvalue weighted by Crippen LogP contribution is 2.33. The molecule has 0 saturated heterocycles. The first-order valence-corrected chi connectivity index (χ1v) is 14.1. The van der Waals surface area contributed by atoms with Crippen molar-refractivity contribution in [3.05, 3.63) is 88.4 Å². The smallest absolute Gasteiger partial charge is 0.417 e. The standard InChI is InChI=1S/C30H31ClFN5O5S/c1-30(2,3)42-29(39)37-14-11-21(25(28(37)38)27(43)36-22-9-5-7-19(31)26(22)40-4)35-15-18-10-13-33-16-24(18)41-17-23-20(32)8-6-12-34-23/h5-10,12-13,16,35H,11,14-15,17H2,1-4H3,(H,36,43). The molecule has 1 aromatic carbocycles. The lowest BCUT2D eigenvalue weighted by molar-refractivity contribution is -0.126. The van der Waals surface area contributed by atoms with E-state index in [1.165, 1.54) is 31.6 Å². The van der Waals surface area contributed by atoms with Gasteiger partial charge in [-0.05, 0) is 51.1 Å². The zero-order chi connectivity index (χ0) is 31.1. The van der Waals surface area contributed by atoms with Gasteiger partial charge in [0.15, 0.2) is 5.75 Å². The molecule has 10 nitrogen and oxygen atoms in total. The van der Waals surface area contributed by atoms with Crippen LogP contribution in [-0.4, -0.2) is 51.1 Å². The summed E-state index contributed by atoms with van der Waals surface area (Å²) in [6.45, 7) is 5.34. The number of methoxy groups -OCH3 is 1. The number of rotatable bonds is 9. The highest BCUT2D eigenvalue weighted by atomic mass is 35.5. The molecule has 1 aliphatic heterocycles. The maximum Gasteiger partial charge on any atom is 0.417 e. The van der Waals surface area contributed by atoms with E-state index in [1.54, 1.807) is 51.2 Å². The van der Waals surface area contributed by atoms with Crippen LogP contribution in [0.1, 0.15) is 38.4 Å². The van der Waals surface area contributed by atoms with Crippen molar-refractivity contribution in [2.75, 3.05) is 19.0 Å². The van der Waals surface area contributed by atoms with E-state index in [0.29, 0.717) is 33.5 Å². The van der Waals surface area contributed by atoms with Gasteiger partial charge in [0.25, 0.3) is 5.91 Å². The quantitative estimate of drug-likeness (QED) is 0.282. The number of ether oxygens (including phenoxy) is 3. The molecule has 226 valence electrons.